The number of halogens is 1. The fraction of sp³-hybridized carbons (Fsp3) is 0.458. The minimum atomic E-state index is -3.68. The second-order valence-electron chi connectivity index (χ2n) is 8.92. The van der Waals surface area contributed by atoms with E-state index in [1.165, 1.54) is 4.31 Å². The normalized spacial score (nSPS) is 15.8. The third kappa shape index (κ3) is 5.34. The van der Waals surface area contributed by atoms with Crippen LogP contribution in [0, 0.1) is 11.8 Å². The molecule has 2 heterocycles. The maximum atomic E-state index is 13.6. The quantitative estimate of drug-likeness (QED) is 0.461. The summed E-state index contributed by atoms with van der Waals surface area (Å²) in [6.07, 6.45) is 3.82. The number of rotatable bonds is 8. The van der Waals surface area contributed by atoms with Crippen LogP contribution >= 0.6 is 11.6 Å². The van der Waals surface area contributed by atoms with Gasteiger partial charge in [0.2, 0.25) is 10.0 Å². The molecule has 0 radical (unpaired) electrons. The molecule has 0 atom stereocenters. The minimum absolute atomic E-state index is 0.190. The molecule has 1 aliphatic heterocycles. The van der Waals surface area contributed by atoms with Crippen LogP contribution in [0.25, 0.3) is 10.9 Å². The summed E-state index contributed by atoms with van der Waals surface area (Å²) in [5.41, 5.74) is 1.83. The number of benzene rings is 2. The van der Waals surface area contributed by atoms with Gasteiger partial charge in [-0.25, -0.2) is 8.42 Å². The van der Waals surface area contributed by atoms with E-state index in [9.17, 15) is 8.42 Å². The van der Waals surface area contributed by atoms with Crippen molar-refractivity contribution in [2.75, 3.05) is 19.8 Å². The highest BCUT2D eigenvalue weighted by Gasteiger charge is 2.26. The van der Waals surface area contributed by atoms with Gasteiger partial charge in [0.05, 0.1) is 16.6 Å². The van der Waals surface area contributed by atoms with Crippen LogP contribution in [0.4, 0.5) is 0 Å². The summed E-state index contributed by atoms with van der Waals surface area (Å²) in [5.74, 6) is 0.726. The van der Waals surface area contributed by atoms with E-state index in [1.807, 2.05) is 42.8 Å². The lowest BCUT2D eigenvalue weighted by atomic mass is 10.0. The molecule has 6 nitrogen and oxygen atoms in total. The predicted octanol–water partition coefficient (Wildman–Crippen LogP) is 4.96. The molecule has 0 spiro atoms. The molecule has 8 heteroatoms. The molecule has 3 aromatic rings. The molecule has 1 fully saturated rings. The molecule has 2 aromatic carbocycles. The van der Waals surface area contributed by atoms with Gasteiger partial charge in [0.25, 0.3) is 0 Å². The number of ether oxygens (including phenoxy) is 1. The van der Waals surface area contributed by atoms with Crippen LogP contribution in [0.15, 0.2) is 53.6 Å². The fourth-order valence-electron chi connectivity index (χ4n) is 4.19. The first-order chi connectivity index (χ1) is 15.3. The highest BCUT2D eigenvalue weighted by molar-refractivity contribution is 7.89. The second kappa shape index (κ2) is 9.91. The largest absolute Gasteiger partial charge is 0.381 e. The summed E-state index contributed by atoms with van der Waals surface area (Å²) >= 11 is 6.12. The van der Waals surface area contributed by atoms with Gasteiger partial charge in [0.1, 0.15) is 0 Å². The molecule has 1 aliphatic rings. The van der Waals surface area contributed by atoms with Crippen molar-refractivity contribution in [2.24, 2.45) is 11.8 Å². The average molecular weight is 476 g/mol. The molecule has 0 N–H and O–H groups in total. The number of fused-ring (bicyclic) bond motifs is 1. The van der Waals surface area contributed by atoms with Crippen molar-refractivity contribution < 1.29 is 13.2 Å². The topological polar surface area (TPSA) is 64.4 Å². The Bertz CT molecular complexity index is 1170. The number of hydrogen-bond donors (Lipinski definition) is 0. The monoisotopic (exact) mass is 475 g/mol. The van der Waals surface area contributed by atoms with Gasteiger partial charge >= 0.3 is 0 Å². The first kappa shape index (κ1) is 23.2. The molecule has 0 bridgehead atoms. The lowest BCUT2D eigenvalue weighted by Gasteiger charge is -2.24. The highest BCUT2D eigenvalue weighted by Crippen LogP contribution is 2.26. The van der Waals surface area contributed by atoms with Gasteiger partial charge in [-0.3, -0.25) is 4.68 Å². The number of hydrogen-bond acceptors (Lipinski definition) is 4. The smallest absolute Gasteiger partial charge is 0.243 e. The molecule has 0 aliphatic carbocycles. The van der Waals surface area contributed by atoms with Crippen LogP contribution in [-0.2, 0) is 27.8 Å². The van der Waals surface area contributed by atoms with Crippen molar-refractivity contribution in [2.45, 2.75) is 44.7 Å². The summed E-state index contributed by atoms with van der Waals surface area (Å²) in [6.45, 7) is 7.16. The van der Waals surface area contributed by atoms with Crippen molar-refractivity contribution in [3.05, 3.63) is 59.2 Å². The van der Waals surface area contributed by atoms with E-state index in [1.54, 1.807) is 24.4 Å². The van der Waals surface area contributed by atoms with Gasteiger partial charge in [0, 0.05) is 43.3 Å². The molecule has 0 amide bonds. The molecule has 1 saturated heterocycles. The first-order valence-corrected chi connectivity index (χ1v) is 12.9. The Hall–Kier alpha value is -1.93. The molecule has 172 valence electrons. The number of aromatic nitrogens is 2. The maximum Gasteiger partial charge on any atom is 0.243 e. The molecular weight excluding hydrogens is 446 g/mol. The zero-order valence-corrected chi connectivity index (χ0v) is 20.1. The van der Waals surface area contributed by atoms with Crippen LogP contribution < -0.4 is 0 Å². The maximum absolute atomic E-state index is 13.6. The Kier molecular flexibility index (Phi) is 7.20. The van der Waals surface area contributed by atoms with Crippen molar-refractivity contribution in [1.82, 2.24) is 14.1 Å². The summed E-state index contributed by atoms with van der Waals surface area (Å²) < 4.78 is 36.1. The van der Waals surface area contributed by atoms with Crippen LogP contribution in [-0.4, -0.2) is 42.3 Å². The summed E-state index contributed by atoms with van der Waals surface area (Å²) in [6, 6.07) is 12.7. The van der Waals surface area contributed by atoms with Crippen molar-refractivity contribution in [3.8, 4) is 0 Å². The predicted molar refractivity (Wildman–Crippen MR) is 127 cm³/mol. The van der Waals surface area contributed by atoms with Crippen LogP contribution in [0.1, 0.15) is 32.3 Å². The van der Waals surface area contributed by atoms with Crippen LogP contribution in [0.3, 0.4) is 0 Å². The SMILES string of the molecule is CC(C)CN(Cc1cccc(Cl)c1)S(=O)(=O)c1ccc2c(cnn2CC2CCOCC2)c1. The van der Waals surface area contributed by atoms with E-state index in [4.69, 9.17) is 16.3 Å². The third-order valence-electron chi connectivity index (χ3n) is 5.84. The van der Waals surface area contributed by atoms with E-state index in [0.717, 1.165) is 49.1 Å². The van der Waals surface area contributed by atoms with Gasteiger partial charge in [-0.05, 0) is 60.6 Å². The van der Waals surface area contributed by atoms with Gasteiger partial charge in [0.15, 0.2) is 0 Å². The van der Waals surface area contributed by atoms with Crippen molar-refractivity contribution >= 4 is 32.5 Å². The third-order valence-corrected chi connectivity index (χ3v) is 7.88. The Morgan fingerprint density at radius 2 is 1.97 bits per heavy atom. The molecule has 32 heavy (non-hydrogen) atoms. The summed E-state index contributed by atoms with van der Waals surface area (Å²) in [7, 11) is -3.68. The molecule has 1 aromatic heterocycles. The second-order valence-corrected chi connectivity index (χ2v) is 11.3. The average Bonchev–Trinajstić information content (AvgIpc) is 3.16. The van der Waals surface area contributed by atoms with Crippen LogP contribution in [0.5, 0.6) is 0 Å². The van der Waals surface area contributed by atoms with E-state index in [0.29, 0.717) is 22.4 Å². The first-order valence-electron chi connectivity index (χ1n) is 11.1. The van der Waals surface area contributed by atoms with Gasteiger partial charge in [-0.15, -0.1) is 0 Å². The zero-order chi connectivity index (χ0) is 22.7. The molecule has 4 rings (SSSR count). The molecule has 0 saturated carbocycles. The van der Waals surface area contributed by atoms with E-state index in [2.05, 4.69) is 5.10 Å². The van der Waals surface area contributed by atoms with Crippen molar-refractivity contribution in [1.29, 1.82) is 0 Å². The minimum Gasteiger partial charge on any atom is -0.381 e. The zero-order valence-electron chi connectivity index (χ0n) is 18.6. The Morgan fingerprint density at radius 3 is 2.69 bits per heavy atom. The van der Waals surface area contributed by atoms with E-state index in [-0.39, 0.29) is 12.5 Å². The van der Waals surface area contributed by atoms with Gasteiger partial charge < -0.3 is 4.74 Å². The van der Waals surface area contributed by atoms with E-state index >= 15 is 0 Å². The number of nitrogens with zero attached hydrogens (tertiary/aromatic N) is 3. The molecule has 0 unspecified atom stereocenters. The van der Waals surface area contributed by atoms with Crippen LogP contribution in [0.2, 0.25) is 5.02 Å². The fourth-order valence-corrected chi connectivity index (χ4v) is 6.03. The Labute approximate surface area is 195 Å². The van der Waals surface area contributed by atoms with Gasteiger partial charge in [-0.2, -0.15) is 9.40 Å². The van der Waals surface area contributed by atoms with Gasteiger partial charge in [-0.1, -0.05) is 37.6 Å². The van der Waals surface area contributed by atoms with Crippen molar-refractivity contribution in [3.63, 3.8) is 0 Å². The lowest BCUT2D eigenvalue weighted by molar-refractivity contribution is 0.0605. The Morgan fingerprint density at radius 1 is 1.19 bits per heavy atom. The Balaban J connectivity index is 1.60. The molecular formula is C24H30ClN3O3S. The number of sulfonamides is 1. The summed E-state index contributed by atoms with van der Waals surface area (Å²) in [4.78, 5) is 0.290. The standard InChI is InChI=1S/C24H30ClN3O3S/c1-18(2)15-27(16-20-4-3-5-22(25)12-20)32(29,30)23-6-7-24-21(13-23)14-26-28(24)17-19-8-10-31-11-9-19/h3-7,12-14,18-19H,8-11,15-17H2,1-2H3. The lowest BCUT2D eigenvalue weighted by Crippen LogP contribution is -2.33. The highest BCUT2D eigenvalue weighted by atomic mass is 35.5. The summed E-state index contributed by atoms with van der Waals surface area (Å²) in [5, 5.41) is 5.97. The van der Waals surface area contributed by atoms with E-state index < -0.39 is 10.0 Å².